The van der Waals surface area contributed by atoms with Crippen molar-refractivity contribution < 1.29 is 29.6 Å². The predicted octanol–water partition coefficient (Wildman–Crippen LogP) is 2.45. The minimum absolute atomic E-state index is 0.217. The third-order valence-electron chi connectivity index (χ3n) is 6.62. The third kappa shape index (κ3) is 2.49. The normalized spacial score (nSPS) is 27.2. The number of hydrogen-bond donors (Lipinski definition) is 4. The summed E-state index contributed by atoms with van der Waals surface area (Å²) in [7, 11) is 1.46. The molecule has 3 aromatic carbocycles. The molecule has 7 heteroatoms. The number of hydrogen-bond acceptors (Lipinski definition) is 5. The van der Waals surface area contributed by atoms with Crippen molar-refractivity contribution in [2.75, 3.05) is 12.4 Å². The molecule has 3 aliphatic rings. The van der Waals surface area contributed by atoms with E-state index in [1.54, 1.807) is 66.7 Å². The molecule has 0 saturated carbocycles. The molecular formula is C25H21NO6. The summed E-state index contributed by atoms with van der Waals surface area (Å²) in [5.74, 6) is -4.80. The lowest BCUT2D eigenvalue weighted by Gasteiger charge is -2.57. The first-order valence-corrected chi connectivity index (χ1v) is 10.2. The smallest absolute Gasteiger partial charge is 0.311 e. The summed E-state index contributed by atoms with van der Waals surface area (Å²) in [6, 6.07) is 19.9. The Balaban J connectivity index is 1.79. The van der Waals surface area contributed by atoms with Gasteiger partial charge in [-0.1, -0.05) is 48.5 Å². The molecule has 1 amide bonds. The van der Waals surface area contributed by atoms with Crippen molar-refractivity contribution in [1.29, 1.82) is 0 Å². The van der Waals surface area contributed by atoms with Gasteiger partial charge in [0.2, 0.25) is 5.91 Å². The van der Waals surface area contributed by atoms with Gasteiger partial charge in [-0.25, -0.2) is 0 Å². The van der Waals surface area contributed by atoms with Gasteiger partial charge in [0, 0.05) is 5.69 Å². The number of nitrogens with one attached hydrogen (secondary N) is 1. The van der Waals surface area contributed by atoms with Gasteiger partial charge in [0.25, 0.3) is 0 Å². The Morgan fingerprint density at radius 3 is 1.97 bits per heavy atom. The molecule has 162 valence electrons. The topological polar surface area (TPSA) is 116 Å². The first kappa shape index (κ1) is 20.2. The van der Waals surface area contributed by atoms with E-state index in [1.807, 2.05) is 0 Å². The fraction of sp³-hybridized carbons (Fsp3) is 0.200. The van der Waals surface area contributed by atoms with Crippen LogP contribution in [0.4, 0.5) is 5.69 Å². The number of aliphatic carboxylic acids is 1. The zero-order chi connectivity index (χ0) is 22.7. The molecule has 6 rings (SSSR count). The number of carbonyl (C=O) groups is 2. The largest absolute Gasteiger partial charge is 0.497 e. The number of carboxylic acid groups (broad SMARTS) is 1. The molecule has 0 aromatic heterocycles. The van der Waals surface area contributed by atoms with E-state index in [9.17, 15) is 24.9 Å². The molecular weight excluding hydrogens is 410 g/mol. The lowest BCUT2D eigenvalue weighted by Crippen LogP contribution is -2.65. The number of anilines is 1. The highest BCUT2D eigenvalue weighted by Crippen LogP contribution is 2.62. The summed E-state index contributed by atoms with van der Waals surface area (Å²) in [6.45, 7) is 0. The van der Waals surface area contributed by atoms with Crippen molar-refractivity contribution in [3.05, 3.63) is 95.1 Å². The summed E-state index contributed by atoms with van der Waals surface area (Å²) in [6.07, 6.45) is 0. The number of rotatable bonds is 4. The van der Waals surface area contributed by atoms with Crippen LogP contribution in [0.15, 0.2) is 72.8 Å². The fourth-order valence-electron chi connectivity index (χ4n) is 5.29. The van der Waals surface area contributed by atoms with Gasteiger partial charge in [0.1, 0.15) is 22.9 Å². The average Bonchev–Trinajstić information content (AvgIpc) is 2.80. The van der Waals surface area contributed by atoms with E-state index in [2.05, 4.69) is 5.32 Å². The number of carboxylic acids is 1. The van der Waals surface area contributed by atoms with Crippen molar-refractivity contribution >= 4 is 17.6 Å². The van der Waals surface area contributed by atoms with Crippen molar-refractivity contribution in [1.82, 2.24) is 0 Å². The summed E-state index contributed by atoms with van der Waals surface area (Å²) in [5, 5.41) is 37.1. The van der Waals surface area contributed by atoms with Gasteiger partial charge in [0.15, 0.2) is 0 Å². The zero-order valence-electron chi connectivity index (χ0n) is 17.1. The van der Waals surface area contributed by atoms with Gasteiger partial charge in [-0.2, -0.15) is 0 Å². The van der Waals surface area contributed by atoms with E-state index in [4.69, 9.17) is 4.74 Å². The highest BCUT2D eigenvalue weighted by atomic mass is 16.5. The van der Waals surface area contributed by atoms with E-state index in [1.165, 1.54) is 13.2 Å². The van der Waals surface area contributed by atoms with E-state index >= 15 is 0 Å². The maximum Gasteiger partial charge on any atom is 0.311 e. The maximum atomic E-state index is 13.5. The number of carbonyl (C=O) groups excluding carboxylic acids is 1. The molecule has 3 aromatic rings. The monoisotopic (exact) mass is 431 g/mol. The van der Waals surface area contributed by atoms with E-state index in [0.29, 0.717) is 17.0 Å². The predicted molar refractivity (Wildman–Crippen MR) is 115 cm³/mol. The Labute approximate surface area is 183 Å². The average molecular weight is 431 g/mol. The molecule has 4 atom stereocenters. The molecule has 7 nitrogen and oxygen atoms in total. The molecule has 0 aliphatic heterocycles. The van der Waals surface area contributed by atoms with Gasteiger partial charge in [-0.05, 0) is 46.5 Å². The molecule has 0 spiro atoms. The number of ether oxygens (including phenoxy) is 1. The highest BCUT2D eigenvalue weighted by Gasteiger charge is 2.69. The number of benzene rings is 3. The quantitative estimate of drug-likeness (QED) is 0.504. The van der Waals surface area contributed by atoms with E-state index in [0.717, 1.165) is 0 Å². The van der Waals surface area contributed by atoms with Crippen LogP contribution in [-0.4, -0.2) is 34.3 Å². The molecule has 0 radical (unpaired) electrons. The fourth-order valence-corrected chi connectivity index (χ4v) is 5.29. The molecule has 4 unspecified atom stereocenters. The van der Waals surface area contributed by atoms with Crippen molar-refractivity contribution in [3.8, 4) is 5.75 Å². The molecule has 0 heterocycles. The summed E-state index contributed by atoms with van der Waals surface area (Å²) >= 11 is 0. The van der Waals surface area contributed by atoms with E-state index < -0.39 is 34.9 Å². The minimum atomic E-state index is -2.05. The number of aliphatic hydroxyl groups is 2. The number of methoxy groups -OCH3 is 1. The Morgan fingerprint density at radius 1 is 0.812 bits per heavy atom. The lowest BCUT2D eigenvalue weighted by atomic mass is 9.49. The maximum absolute atomic E-state index is 13.5. The van der Waals surface area contributed by atoms with Crippen molar-refractivity contribution in [2.45, 2.75) is 11.2 Å². The van der Waals surface area contributed by atoms with E-state index in [-0.39, 0.29) is 16.7 Å². The SMILES string of the molecule is COc1ccc2c(c1)C1(O)c3ccccc3C2(O)C(C(=O)Nc2ccccc2)C1C(=O)O. The standard InChI is InChI=1S/C25H21NO6/c1-32-15-11-12-18-19(13-15)25(31)17-10-6-5-9-16(17)24(18,30)20(21(25)23(28)29)22(27)26-14-7-3-2-4-8-14/h2-13,20-21,30-31H,1H3,(H,26,27)(H,28,29). The zero-order valence-corrected chi connectivity index (χ0v) is 17.1. The number of para-hydroxylation sites is 1. The van der Waals surface area contributed by atoms with Gasteiger partial charge in [0.05, 0.1) is 13.0 Å². The number of amides is 1. The first-order chi connectivity index (χ1) is 15.3. The second kappa shape index (κ2) is 6.91. The van der Waals surface area contributed by atoms with Crippen molar-refractivity contribution in [3.63, 3.8) is 0 Å². The van der Waals surface area contributed by atoms with Crippen LogP contribution in [0.2, 0.25) is 0 Å². The first-order valence-electron chi connectivity index (χ1n) is 10.2. The molecule has 32 heavy (non-hydrogen) atoms. The molecule has 3 aliphatic carbocycles. The second-order valence-corrected chi connectivity index (χ2v) is 8.14. The minimum Gasteiger partial charge on any atom is -0.497 e. The molecule has 2 bridgehead atoms. The Kier molecular flexibility index (Phi) is 4.37. The molecule has 0 saturated heterocycles. The molecule has 0 fully saturated rings. The summed E-state index contributed by atoms with van der Waals surface area (Å²) in [4.78, 5) is 26.0. The lowest BCUT2D eigenvalue weighted by molar-refractivity contribution is -0.178. The van der Waals surface area contributed by atoms with Crippen LogP contribution >= 0.6 is 0 Å². The van der Waals surface area contributed by atoms with Crippen LogP contribution in [0.5, 0.6) is 5.75 Å². The summed E-state index contributed by atoms with van der Waals surface area (Å²) in [5.41, 5.74) is -2.48. The second-order valence-electron chi connectivity index (χ2n) is 8.14. The van der Waals surface area contributed by atoms with Gasteiger partial charge < -0.3 is 25.4 Å². The highest BCUT2D eigenvalue weighted by molar-refractivity contribution is 5.98. The van der Waals surface area contributed by atoms with Crippen LogP contribution in [0.3, 0.4) is 0 Å². The Bertz CT molecular complexity index is 1240. The summed E-state index contributed by atoms with van der Waals surface area (Å²) < 4.78 is 5.28. The Hall–Kier alpha value is -3.68. The Morgan fingerprint density at radius 2 is 1.38 bits per heavy atom. The van der Waals surface area contributed by atoms with Crippen molar-refractivity contribution in [2.24, 2.45) is 11.8 Å². The third-order valence-corrected chi connectivity index (χ3v) is 6.62. The van der Waals surface area contributed by atoms with Gasteiger partial charge >= 0.3 is 5.97 Å². The number of fused-ring (bicyclic) bond motifs is 1. The van der Waals surface area contributed by atoms with Crippen LogP contribution in [0, 0.1) is 11.8 Å². The molecule has 4 N–H and O–H groups in total. The van der Waals surface area contributed by atoms with Crippen LogP contribution in [0.25, 0.3) is 0 Å². The van der Waals surface area contributed by atoms with Gasteiger partial charge in [-0.15, -0.1) is 0 Å². The van der Waals surface area contributed by atoms with Crippen LogP contribution in [0.1, 0.15) is 22.3 Å². The van der Waals surface area contributed by atoms with Crippen LogP contribution in [-0.2, 0) is 20.8 Å². The van der Waals surface area contributed by atoms with Gasteiger partial charge in [-0.3, -0.25) is 9.59 Å². The van der Waals surface area contributed by atoms with Crippen LogP contribution < -0.4 is 10.1 Å².